The number of halogens is 1. The van der Waals surface area contributed by atoms with Crippen LogP contribution in [0.25, 0.3) is 0 Å². The Bertz CT molecular complexity index is 844. The molecule has 33 heavy (non-hydrogen) atoms. The van der Waals surface area contributed by atoms with Crippen LogP contribution in [0.1, 0.15) is 44.4 Å². The van der Waals surface area contributed by atoms with Gasteiger partial charge in [0.2, 0.25) is 0 Å². The fraction of sp³-hybridized carbons (Fsp3) is 0.379. The Labute approximate surface area is 207 Å². The van der Waals surface area contributed by atoms with Crippen molar-refractivity contribution < 1.29 is 12.4 Å². The van der Waals surface area contributed by atoms with E-state index in [1.54, 1.807) is 0 Å². The number of rotatable bonds is 12. The van der Waals surface area contributed by atoms with Crippen LogP contribution >= 0.6 is 0 Å². The Morgan fingerprint density at radius 1 is 0.455 bits per heavy atom. The third-order valence-electron chi connectivity index (χ3n) is 6.19. The molecule has 0 atom stereocenters. The summed E-state index contributed by atoms with van der Waals surface area (Å²) in [5.74, 6) is 0. The van der Waals surface area contributed by atoms with Crippen LogP contribution in [-0.4, -0.2) is 31.1 Å². The molecule has 0 unspecified atom stereocenters. The molecule has 0 saturated carbocycles. The Hall–Kier alpha value is -2.49. The fourth-order valence-corrected chi connectivity index (χ4v) is 4.33. The van der Waals surface area contributed by atoms with E-state index in [9.17, 15) is 0 Å². The van der Waals surface area contributed by atoms with Crippen molar-refractivity contribution in [1.82, 2.24) is 4.90 Å². The van der Waals surface area contributed by atoms with Gasteiger partial charge in [-0.15, -0.1) is 0 Å². The molecule has 3 nitrogen and oxygen atoms in total. The molecule has 0 fully saturated rings. The summed E-state index contributed by atoms with van der Waals surface area (Å²) in [5, 5.41) is 0. The molecule has 0 saturated heterocycles. The summed E-state index contributed by atoms with van der Waals surface area (Å²) in [6, 6.07) is 29.0. The molecular formula is C29H39ClN3-. The lowest BCUT2D eigenvalue weighted by Gasteiger charge is -2.25. The second-order valence-corrected chi connectivity index (χ2v) is 8.31. The van der Waals surface area contributed by atoms with Gasteiger partial charge in [0.05, 0.1) is 0 Å². The zero-order valence-electron chi connectivity index (χ0n) is 20.7. The van der Waals surface area contributed by atoms with Gasteiger partial charge in [-0.2, -0.15) is 0 Å². The summed E-state index contributed by atoms with van der Waals surface area (Å²) in [4.78, 5) is 7.32. The summed E-state index contributed by atoms with van der Waals surface area (Å²) in [6.45, 7) is 15.8. The molecule has 178 valence electrons. The fourth-order valence-electron chi connectivity index (χ4n) is 4.33. The van der Waals surface area contributed by atoms with Crippen LogP contribution in [0.15, 0.2) is 78.9 Å². The Morgan fingerprint density at radius 2 is 0.788 bits per heavy atom. The molecule has 0 radical (unpaired) electrons. The number of hydrogen-bond acceptors (Lipinski definition) is 3. The van der Waals surface area contributed by atoms with Crippen LogP contribution in [0.4, 0.5) is 11.4 Å². The van der Waals surface area contributed by atoms with Crippen molar-refractivity contribution in [2.24, 2.45) is 0 Å². The predicted molar refractivity (Wildman–Crippen MR) is 139 cm³/mol. The van der Waals surface area contributed by atoms with E-state index in [2.05, 4.69) is 121 Å². The summed E-state index contributed by atoms with van der Waals surface area (Å²) >= 11 is 0. The van der Waals surface area contributed by atoms with Gasteiger partial charge in [0.1, 0.15) is 0 Å². The average molecular weight is 465 g/mol. The van der Waals surface area contributed by atoms with E-state index >= 15 is 0 Å². The minimum absolute atomic E-state index is 0. The molecule has 4 heteroatoms. The zero-order chi connectivity index (χ0) is 22.8. The monoisotopic (exact) mass is 464 g/mol. The first-order valence-corrected chi connectivity index (χ1v) is 12.1. The van der Waals surface area contributed by atoms with E-state index in [1.807, 2.05) is 0 Å². The van der Waals surface area contributed by atoms with Crippen molar-refractivity contribution in [2.45, 2.75) is 47.3 Å². The van der Waals surface area contributed by atoms with Gasteiger partial charge in [-0.1, -0.05) is 54.6 Å². The van der Waals surface area contributed by atoms with E-state index in [0.717, 1.165) is 45.8 Å². The highest BCUT2D eigenvalue weighted by atomic mass is 35.5. The van der Waals surface area contributed by atoms with Crippen LogP contribution in [0.2, 0.25) is 0 Å². The predicted octanol–water partition coefficient (Wildman–Crippen LogP) is 3.59. The average Bonchev–Trinajstić information content (AvgIpc) is 2.83. The molecule has 0 N–H and O–H groups in total. The van der Waals surface area contributed by atoms with Crippen molar-refractivity contribution in [3.8, 4) is 0 Å². The van der Waals surface area contributed by atoms with Crippen molar-refractivity contribution in [3.63, 3.8) is 0 Å². The molecule has 3 rings (SSSR count). The van der Waals surface area contributed by atoms with Crippen LogP contribution in [0, 0.1) is 0 Å². The molecule has 0 spiro atoms. The summed E-state index contributed by atoms with van der Waals surface area (Å²) in [6.07, 6.45) is 0. The first-order valence-electron chi connectivity index (χ1n) is 12.1. The Kier molecular flexibility index (Phi) is 11.3. The van der Waals surface area contributed by atoms with Crippen LogP contribution in [0.3, 0.4) is 0 Å². The normalized spacial score (nSPS) is 10.7. The first-order chi connectivity index (χ1) is 15.7. The quantitative estimate of drug-likeness (QED) is 0.405. The summed E-state index contributed by atoms with van der Waals surface area (Å²) < 4.78 is 0. The zero-order valence-corrected chi connectivity index (χ0v) is 21.4. The highest BCUT2D eigenvalue weighted by Crippen LogP contribution is 2.20. The minimum atomic E-state index is 0. The maximum absolute atomic E-state index is 2.54. The molecule has 0 aliphatic heterocycles. The SMILES string of the molecule is CCN(CC)c1ccc(CN(Cc2ccccc2)Cc2ccc(N(CC)CC)cc2)cc1.[Cl-]. The van der Waals surface area contributed by atoms with E-state index in [-0.39, 0.29) is 12.4 Å². The van der Waals surface area contributed by atoms with Gasteiger partial charge in [-0.05, 0) is 68.7 Å². The van der Waals surface area contributed by atoms with Gasteiger partial charge >= 0.3 is 0 Å². The molecule has 0 aromatic heterocycles. The van der Waals surface area contributed by atoms with Gasteiger partial charge in [0.25, 0.3) is 0 Å². The van der Waals surface area contributed by atoms with E-state index in [0.29, 0.717) is 0 Å². The lowest BCUT2D eigenvalue weighted by atomic mass is 10.1. The van der Waals surface area contributed by atoms with Crippen molar-refractivity contribution in [1.29, 1.82) is 0 Å². The molecule has 0 heterocycles. The number of anilines is 2. The van der Waals surface area contributed by atoms with Gasteiger partial charge in [-0.3, -0.25) is 4.90 Å². The smallest absolute Gasteiger partial charge is 0.0366 e. The highest BCUT2D eigenvalue weighted by molar-refractivity contribution is 5.48. The second-order valence-electron chi connectivity index (χ2n) is 8.31. The van der Waals surface area contributed by atoms with E-state index in [4.69, 9.17) is 0 Å². The minimum Gasteiger partial charge on any atom is -1.00 e. The molecule has 0 aliphatic rings. The standard InChI is InChI=1S/C29H39N3.ClH/c1-5-31(6-2)28-18-14-26(15-19-28)23-30(22-25-12-10-9-11-13-25)24-27-16-20-29(21-17-27)32(7-3)8-4;/h9-21H,5-8,22-24H2,1-4H3;1H/p-1. The van der Waals surface area contributed by atoms with Gasteiger partial charge in [0, 0.05) is 57.2 Å². The largest absolute Gasteiger partial charge is 1.00 e. The lowest BCUT2D eigenvalue weighted by molar-refractivity contribution is -0.00000678. The number of benzene rings is 3. The third kappa shape index (κ3) is 7.80. The third-order valence-corrected chi connectivity index (χ3v) is 6.19. The highest BCUT2D eigenvalue weighted by Gasteiger charge is 2.10. The molecule has 3 aromatic carbocycles. The maximum Gasteiger partial charge on any atom is 0.0366 e. The van der Waals surface area contributed by atoms with E-state index in [1.165, 1.54) is 28.1 Å². The summed E-state index contributed by atoms with van der Waals surface area (Å²) in [7, 11) is 0. The topological polar surface area (TPSA) is 9.72 Å². The molecular weight excluding hydrogens is 426 g/mol. The lowest BCUT2D eigenvalue weighted by Crippen LogP contribution is -3.00. The van der Waals surface area contributed by atoms with Gasteiger partial charge in [0.15, 0.2) is 0 Å². The molecule has 0 aliphatic carbocycles. The second kappa shape index (κ2) is 13.9. The molecule has 0 bridgehead atoms. The Balaban J connectivity index is 0.00000385. The van der Waals surface area contributed by atoms with Crippen LogP contribution < -0.4 is 22.2 Å². The number of hydrogen-bond donors (Lipinski definition) is 0. The molecule has 3 aromatic rings. The van der Waals surface area contributed by atoms with Crippen molar-refractivity contribution >= 4 is 11.4 Å². The van der Waals surface area contributed by atoms with Gasteiger partial charge < -0.3 is 22.2 Å². The summed E-state index contributed by atoms with van der Waals surface area (Å²) in [5.41, 5.74) is 6.68. The maximum atomic E-state index is 2.54. The first kappa shape index (κ1) is 26.8. The van der Waals surface area contributed by atoms with Crippen molar-refractivity contribution in [2.75, 3.05) is 36.0 Å². The number of nitrogens with zero attached hydrogens (tertiary/aromatic N) is 3. The van der Waals surface area contributed by atoms with Crippen molar-refractivity contribution in [3.05, 3.63) is 95.6 Å². The van der Waals surface area contributed by atoms with E-state index < -0.39 is 0 Å². The van der Waals surface area contributed by atoms with Crippen LogP contribution in [0.5, 0.6) is 0 Å². The molecule has 0 amide bonds. The Morgan fingerprint density at radius 3 is 1.12 bits per heavy atom. The van der Waals surface area contributed by atoms with Gasteiger partial charge in [-0.25, -0.2) is 0 Å². The van der Waals surface area contributed by atoms with Crippen LogP contribution in [-0.2, 0) is 19.6 Å².